The fourth-order valence-corrected chi connectivity index (χ4v) is 4.79. The van der Waals surface area contributed by atoms with Crippen LogP contribution in [0.1, 0.15) is 58.8 Å². The second-order valence-corrected chi connectivity index (χ2v) is 8.06. The molecular formula is C17H33N3. The lowest BCUT2D eigenvalue weighted by molar-refractivity contribution is 0.0572. The van der Waals surface area contributed by atoms with Crippen LogP contribution in [0, 0.1) is 5.41 Å². The standard InChI is InChI=1S/C17H33N3/c1-17(2)9-4-3-5-16(17)20-12-8-15(13-20)19-10-6-14(18)7-11-19/h14-16H,3-13,18H2,1-2H3. The molecule has 0 aromatic heterocycles. The predicted octanol–water partition coefficient (Wildman–Crippen LogP) is 2.45. The Morgan fingerprint density at radius 2 is 1.60 bits per heavy atom. The van der Waals surface area contributed by atoms with Crippen molar-refractivity contribution in [1.29, 1.82) is 0 Å². The average Bonchev–Trinajstić information content (AvgIpc) is 2.88. The molecule has 2 saturated heterocycles. The summed E-state index contributed by atoms with van der Waals surface area (Å²) in [5.41, 5.74) is 6.56. The highest BCUT2D eigenvalue weighted by atomic mass is 15.3. The number of nitrogens with zero attached hydrogens (tertiary/aromatic N) is 2. The Hall–Kier alpha value is -0.120. The fourth-order valence-electron chi connectivity index (χ4n) is 4.79. The summed E-state index contributed by atoms with van der Waals surface area (Å²) < 4.78 is 0. The van der Waals surface area contributed by atoms with E-state index in [-0.39, 0.29) is 0 Å². The van der Waals surface area contributed by atoms with Crippen molar-refractivity contribution < 1.29 is 0 Å². The molecule has 3 heteroatoms. The summed E-state index contributed by atoms with van der Waals surface area (Å²) in [7, 11) is 0. The molecule has 3 rings (SSSR count). The highest BCUT2D eigenvalue weighted by Crippen LogP contribution is 2.40. The van der Waals surface area contributed by atoms with Crippen molar-refractivity contribution in [2.75, 3.05) is 26.2 Å². The average molecular weight is 279 g/mol. The second-order valence-electron chi connectivity index (χ2n) is 8.06. The van der Waals surface area contributed by atoms with Gasteiger partial charge in [-0.1, -0.05) is 26.7 Å². The Morgan fingerprint density at radius 1 is 0.900 bits per heavy atom. The lowest BCUT2D eigenvalue weighted by Crippen LogP contribution is -2.49. The van der Waals surface area contributed by atoms with Gasteiger partial charge in [-0.2, -0.15) is 0 Å². The summed E-state index contributed by atoms with van der Waals surface area (Å²) in [5, 5.41) is 0. The number of rotatable bonds is 2. The van der Waals surface area contributed by atoms with Crippen molar-refractivity contribution in [1.82, 2.24) is 9.80 Å². The topological polar surface area (TPSA) is 32.5 Å². The van der Waals surface area contributed by atoms with Crippen molar-refractivity contribution in [2.45, 2.75) is 76.9 Å². The van der Waals surface area contributed by atoms with Gasteiger partial charge in [-0.3, -0.25) is 9.80 Å². The molecule has 116 valence electrons. The zero-order chi connectivity index (χ0) is 14.2. The third-order valence-electron chi connectivity index (χ3n) is 6.18. The van der Waals surface area contributed by atoms with Gasteiger partial charge in [0.15, 0.2) is 0 Å². The minimum Gasteiger partial charge on any atom is -0.328 e. The number of piperidine rings is 1. The molecular weight excluding hydrogens is 246 g/mol. The molecule has 2 atom stereocenters. The third-order valence-corrected chi connectivity index (χ3v) is 6.18. The molecule has 0 amide bonds. The molecule has 20 heavy (non-hydrogen) atoms. The van der Waals surface area contributed by atoms with Crippen LogP contribution >= 0.6 is 0 Å². The van der Waals surface area contributed by atoms with Gasteiger partial charge in [0, 0.05) is 31.2 Å². The van der Waals surface area contributed by atoms with Gasteiger partial charge in [-0.05, 0) is 50.6 Å². The van der Waals surface area contributed by atoms with E-state index in [0.29, 0.717) is 11.5 Å². The van der Waals surface area contributed by atoms with Gasteiger partial charge in [0.25, 0.3) is 0 Å². The molecule has 0 aromatic carbocycles. The molecule has 1 saturated carbocycles. The Kier molecular flexibility index (Phi) is 4.40. The molecule has 2 unspecified atom stereocenters. The molecule has 2 aliphatic heterocycles. The Bertz CT molecular complexity index is 320. The summed E-state index contributed by atoms with van der Waals surface area (Å²) in [4.78, 5) is 5.54. The van der Waals surface area contributed by atoms with Crippen molar-refractivity contribution in [3.63, 3.8) is 0 Å². The van der Waals surface area contributed by atoms with Gasteiger partial charge >= 0.3 is 0 Å². The van der Waals surface area contributed by atoms with Crippen molar-refractivity contribution in [3.8, 4) is 0 Å². The van der Waals surface area contributed by atoms with E-state index in [1.807, 2.05) is 0 Å². The maximum atomic E-state index is 6.04. The molecule has 2 N–H and O–H groups in total. The van der Waals surface area contributed by atoms with Gasteiger partial charge in [-0.15, -0.1) is 0 Å². The number of nitrogens with two attached hydrogens (primary N) is 1. The van der Waals surface area contributed by atoms with Crippen LogP contribution in [0.25, 0.3) is 0 Å². The van der Waals surface area contributed by atoms with Crippen molar-refractivity contribution in [3.05, 3.63) is 0 Å². The first-order valence-electron chi connectivity index (χ1n) is 8.80. The quantitative estimate of drug-likeness (QED) is 0.843. The van der Waals surface area contributed by atoms with Crippen LogP contribution in [0.3, 0.4) is 0 Å². The van der Waals surface area contributed by atoms with Crippen LogP contribution in [0.4, 0.5) is 0 Å². The zero-order valence-corrected chi connectivity index (χ0v) is 13.5. The first kappa shape index (κ1) is 14.8. The van der Waals surface area contributed by atoms with Crippen molar-refractivity contribution in [2.24, 2.45) is 11.1 Å². The maximum absolute atomic E-state index is 6.04. The molecule has 0 radical (unpaired) electrons. The lowest BCUT2D eigenvalue weighted by atomic mass is 9.72. The predicted molar refractivity (Wildman–Crippen MR) is 84.8 cm³/mol. The largest absolute Gasteiger partial charge is 0.328 e. The summed E-state index contributed by atoms with van der Waals surface area (Å²) in [6.07, 6.45) is 9.49. The summed E-state index contributed by atoms with van der Waals surface area (Å²) in [5.74, 6) is 0. The monoisotopic (exact) mass is 279 g/mol. The van der Waals surface area contributed by atoms with Crippen LogP contribution < -0.4 is 5.73 Å². The Morgan fingerprint density at radius 3 is 2.30 bits per heavy atom. The van der Waals surface area contributed by atoms with Gasteiger partial charge < -0.3 is 5.73 Å². The van der Waals surface area contributed by atoms with E-state index in [4.69, 9.17) is 5.73 Å². The zero-order valence-electron chi connectivity index (χ0n) is 13.5. The van der Waals surface area contributed by atoms with E-state index in [2.05, 4.69) is 23.6 Å². The lowest BCUT2D eigenvalue weighted by Gasteiger charge is -2.44. The van der Waals surface area contributed by atoms with Crippen LogP contribution in [-0.2, 0) is 0 Å². The molecule has 0 spiro atoms. The van der Waals surface area contributed by atoms with Gasteiger partial charge in [0.05, 0.1) is 0 Å². The third kappa shape index (κ3) is 3.05. The SMILES string of the molecule is CC1(C)CCCCC1N1CCC(N2CCC(N)CC2)C1. The highest BCUT2D eigenvalue weighted by molar-refractivity contribution is 4.95. The van der Waals surface area contributed by atoms with E-state index < -0.39 is 0 Å². The molecule has 0 aromatic rings. The van der Waals surface area contributed by atoms with Gasteiger partial charge in [-0.25, -0.2) is 0 Å². The van der Waals surface area contributed by atoms with Crippen LogP contribution in [0.2, 0.25) is 0 Å². The number of hydrogen-bond donors (Lipinski definition) is 1. The van der Waals surface area contributed by atoms with Gasteiger partial charge in [0.1, 0.15) is 0 Å². The molecule has 2 heterocycles. The van der Waals surface area contributed by atoms with Gasteiger partial charge in [0.2, 0.25) is 0 Å². The summed E-state index contributed by atoms with van der Waals surface area (Å²) in [6.45, 7) is 10.1. The molecule has 3 fully saturated rings. The number of likely N-dealkylation sites (tertiary alicyclic amines) is 2. The second kappa shape index (κ2) is 5.94. The van der Waals surface area contributed by atoms with E-state index >= 15 is 0 Å². The van der Waals surface area contributed by atoms with E-state index in [0.717, 1.165) is 12.1 Å². The van der Waals surface area contributed by atoms with Crippen LogP contribution in [0.5, 0.6) is 0 Å². The molecule has 3 aliphatic rings. The molecule has 0 bridgehead atoms. The highest BCUT2D eigenvalue weighted by Gasteiger charge is 2.40. The minimum atomic E-state index is 0.459. The minimum absolute atomic E-state index is 0.459. The van der Waals surface area contributed by atoms with Crippen LogP contribution in [-0.4, -0.2) is 54.1 Å². The van der Waals surface area contributed by atoms with E-state index in [1.54, 1.807) is 0 Å². The van der Waals surface area contributed by atoms with Crippen LogP contribution in [0.15, 0.2) is 0 Å². The van der Waals surface area contributed by atoms with Crippen molar-refractivity contribution >= 4 is 0 Å². The van der Waals surface area contributed by atoms with E-state index in [1.165, 1.54) is 71.1 Å². The smallest absolute Gasteiger partial charge is 0.0235 e. The summed E-state index contributed by atoms with van der Waals surface area (Å²) >= 11 is 0. The normalized spacial score (nSPS) is 37.4. The Balaban J connectivity index is 1.56. The molecule has 3 nitrogen and oxygen atoms in total. The Labute approximate surface area is 124 Å². The maximum Gasteiger partial charge on any atom is 0.0235 e. The number of hydrogen-bond acceptors (Lipinski definition) is 3. The van der Waals surface area contributed by atoms with E-state index in [9.17, 15) is 0 Å². The summed E-state index contributed by atoms with van der Waals surface area (Å²) in [6, 6.07) is 2.09. The first-order chi connectivity index (χ1) is 9.56. The first-order valence-corrected chi connectivity index (χ1v) is 8.80. The fraction of sp³-hybridized carbons (Fsp3) is 1.00. The molecule has 1 aliphatic carbocycles.